The van der Waals surface area contributed by atoms with Crippen molar-refractivity contribution in [3.05, 3.63) is 12.5 Å². The Balaban J connectivity index is 2.28. The third-order valence-corrected chi connectivity index (χ3v) is 4.93. The first-order chi connectivity index (χ1) is 9.28. The van der Waals surface area contributed by atoms with Crippen LogP contribution in [-0.4, -0.2) is 58.8 Å². The Morgan fingerprint density at radius 2 is 2.25 bits per heavy atom. The predicted octanol–water partition coefficient (Wildman–Crippen LogP) is 0.0634. The molecule has 0 bridgehead atoms. The summed E-state index contributed by atoms with van der Waals surface area (Å²) in [6, 6.07) is 0. The molecule has 1 aromatic heterocycles. The molecule has 1 fully saturated rings. The first-order valence-electron chi connectivity index (χ1n) is 6.59. The van der Waals surface area contributed by atoms with Gasteiger partial charge in [0.25, 0.3) is 10.0 Å². The highest BCUT2D eigenvalue weighted by Crippen LogP contribution is 2.25. The van der Waals surface area contributed by atoms with Gasteiger partial charge >= 0.3 is 0 Å². The first-order valence-corrected chi connectivity index (χ1v) is 8.03. The molecule has 1 aromatic rings. The summed E-state index contributed by atoms with van der Waals surface area (Å²) in [6.45, 7) is 6.36. The van der Waals surface area contributed by atoms with Crippen molar-refractivity contribution in [1.29, 1.82) is 0 Å². The van der Waals surface area contributed by atoms with E-state index in [9.17, 15) is 13.5 Å². The maximum Gasteiger partial charge on any atom is 0.262 e. The number of morpholine rings is 1. The van der Waals surface area contributed by atoms with Crippen LogP contribution >= 0.6 is 0 Å². The Bertz CT molecular complexity index is 567. The molecule has 0 radical (unpaired) electrons. The number of aliphatic hydroxyl groups excluding tert-OH is 1. The molecule has 20 heavy (non-hydrogen) atoms. The minimum atomic E-state index is -3.66. The number of imidazole rings is 1. The fraction of sp³-hybridized carbons (Fsp3) is 0.750. The summed E-state index contributed by atoms with van der Waals surface area (Å²) in [5.41, 5.74) is -0.633. The van der Waals surface area contributed by atoms with Crippen LogP contribution in [0.3, 0.4) is 0 Å². The zero-order chi connectivity index (χ0) is 15.0. The monoisotopic (exact) mass is 303 g/mol. The van der Waals surface area contributed by atoms with Gasteiger partial charge in [-0.2, -0.15) is 4.31 Å². The summed E-state index contributed by atoms with van der Waals surface area (Å²) in [6.07, 6.45) is 2.51. The normalized spacial score (nSPS) is 23.9. The van der Waals surface area contributed by atoms with Crippen LogP contribution in [0.5, 0.6) is 0 Å². The summed E-state index contributed by atoms with van der Waals surface area (Å²) < 4.78 is 33.8. The van der Waals surface area contributed by atoms with Gasteiger partial charge in [-0.05, 0) is 20.8 Å². The zero-order valence-corrected chi connectivity index (χ0v) is 12.8. The van der Waals surface area contributed by atoms with Crippen molar-refractivity contribution in [2.45, 2.75) is 44.0 Å². The number of ether oxygens (including phenoxy) is 1. The molecule has 114 valence electrons. The van der Waals surface area contributed by atoms with E-state index in [0.29, 0.717) is 6.54 Å². The van der Waals surface area contributed by atoms with E-state index in [1.54, 1.807) is 4.57 Å². The van der Waals surface area contributed by atoms with Crippen molar-refractivity contribution in [3.63, 3.8) is 0 Å². The highest BCUT2D eigenvalue weighted by atomic mass is 32.2. The molecule has 8 heteroatoms. The van der Waals surface area contributed by atoms with Crippen molar-refractivity contribution in [2.75, 3.05) is 19.7 Å². The number of hydrogen-bond acceptors (Lipinski definition) is 5. The minimum absolute atomic E-state index is 0.0359. The van der Waals surface area contributed by atoms with E-state index in [0.717, 1.165) is 0 Å². The molecule has 1 N–H and O–H groups in total. The molecule has 2 heterocycles. The van der Waals surface area contributed by atoms with E-state index in [4.69, 9.17) is 4.74 Å². The van der Waals surface area contributed by atoms with Gasteiger partial charge in [0.2, 0.25) is 0 Å². The van der Waals surface area contributed by atoms with Crippen LogP contribution in [0.1, 0.15) is 20.8 Å². The summed E-state index contributed by atoms with van der Waals surface area (Å²) in [5, 5.41) is 9.29. The van der Waals surface area contributed by atoms with Crippen LogP contribution in [0.15, 0.2) is 17.6 Å². The molecule has 1 atom stereocenters. The van der Waals surface area contributed by atoms with Gasteiger partial charge in [0.15, 0.2) is 5.03 Å². The van der Waals surface area contributed by atoms with Gasteiger partial charge in [0.1, 0.15) is 0 Å². The average molecular weight is 303 g/mol. The van der Waals surface area contributed by atoms with Crippen LogP contribution in [0.25, 0.3) is 0 Å². The van der Waals surface area contributed by atoms with Gasteiger partial charge in [-0.1, -0.05) is 0 Å². The molecule has 7 nitrogen and oxygen atoms in total. The number of aromatic nitrogens is 2. The van der Waals surface area contributed by atoms with E-state index >= 15 is 0 Å². The fourth-order valence-corrected chi connectivity index (χ4v) is 3.86. The zero-order valence-electron chi connectivity index (χ0n) is 12.0. The number of nitrogens with zero attached hydrogens (tertiary/aromatic N) is 3. The topological polar surface area (TPSA) is 84.7 Å². The van der Waals surface area contributed by atoms with Crippen molar-refractivity contribution in [2.24, 2.45) is 0 Å². The Hall–Kier alpha value is -0.960. The molecule has 0 saturated carbocycles. The molecule has 1 unspecified atom stereocenters. The molecule has 0 aliphatic carbocycles. The largest absolute Gasteiger partial charge is 0.394 e. The van der Waals surface area contributed by atoms with E-state index < -0.39 is 21.7 Å². The van der Waals surface area contributed by atoms with Crippen LogP contribution in [0.4, 0.5) is 0 Å². The smallest absolute Gasteiger partial charge is 0.262 e. The number of rotatable bonds is 4. The van der Waals surface area contributed by atoms with Crippen molar-refractivity contribution in [1.82, 2.24) is 13.9 Å². The number of aryl methyl sites for hydroxylation is 1. The van der Waals surface area contributed by atoms with E-state index in [-0.39, 0.29) is 24.7 Å². The molecule has 1 aliphatic rings. The lowest BCUT2D eigenvalue weighted by Gasteiger charge is -2.41. The summed E-state index contributed by atoms with van der Waals surface area (Å²) in [5.74, 6) is 0. The molecule has 1 saturated heterocycles. The van der Waals surface area contributed by atoms with Crippen molar-refractivity contribution < 1.29 is 18.3 Å². The standard InChI is InChI=1S/C12H21N3O4S/c1-4-14-6-11(13-9-14)20(17,18)15-5-10(7-16)19-12(2,3)8-15/h6,9-10,16H,4-5,7-8H2,1-3H3. The van der Waals surface area contributed by atoms with E-state index in [1.165, 1.54) is 16.8 Å². The van der Waals surface area contributed by atoms with Crippen LogP contribution < -0.4 is 0 Å². The van der Waals surface area contributed by atoms with E-state index in [2.05, 4.69) is 4.98 Å². The average Bonchev–Trinajstić information content (AvgIpc) is 2.86. The Kier molecular flexibility index (Phi) is 4.19. The maximum absolute atomic E-state index is 12.6. The predicted molar refractivity (Wildman–Crippen MR) is 72.7 cm³/mol. The number of aliphatic hydroxyl groups is 1. The molecule has 0 aromatic carbocycles. The summed E-state index contributed by atoms with van der Waals surface area (Å²) in [4.78, 5) is 3.96. The summed E-state index contributed by atoms with van der Waals surface area (Å²) in [7, 11) is -3.66. The SMILES string of the molecule is CCn1cnc(S(=O)(=O)N2CC(CO)OC(C)(C)C2)c1. The van der Waals surface area contributed by atoms with Gasteiger partial charge in [0, 0.05) is 25.8 Å². The van der Waals surface area contributed by atoms with Gasteiger partial charge in [-0.25, -0.2) is 13.4 Å². The lowest BCUT2D eigenvalue weighted by molar-refractivity contribution is -0.131. The highest BCUT2D eigenvalue weighted by molar-refractivity contribution is 7.89. The molecule has 0 amide bonds. The molecular formula is C12H21N3O4S. The molecule has 1 aliphatic heterocycles. The van der Waals surface area contributed by atoms with Crippen LogP contribution in [0.2, 0.25) is 0 Å². The second kappa shape index (κ2) is 5.44. The van der Waals surface area contributed by atoms with Crippen LogP contribution in [-0.2, 0) is 21.3 Å². The quantitative estimate of drug-likeness (QED) is 0.850. The fourth-order valence-electron chi connectivity index (χ4n) is 2.30. The van der Waals surface area contributed by atoms with Crippen molar-refractivity contribution >= 4 is 10.0 Å². The Labute approximate surface area is 119 Å². The second-order valence-electron chi connectivity index (χ2n) is 5.52. The van der Waals surface area contributed by atoms with Gasteiger partial charge in [-0.3, -0.25) is 0 Å². The highest BCUT2D eigenvalue weighted by Gasteiger charge is 2.39. The Morgan fingerprint density at radius 1 is 1.55 bits per heavy atom. The lowest BCUT2D eigenvalue weighted by atomic mass is 10.1. The second-order valence-corrected chi connectivity index (χ2v) is 7.41. The van der Waals surface area contributed by atoms with Gasteiger partial charge in [0.05, 0.1) is 24.6 Å². The molecule has 0 spiro atoms. The molecule has 2 rings (SSSR count). The van der Waals surface area contributed by atoms with Gasteiger partial charge < -0.3 is 14.4 Å². The van der Waals surface area contributed by atoms with E-state index in [1.807, 2.05) is 20.8 Å². The van der Waals surface area contributed by atoms with Crippen LogP contribution in [0, 0.1) is 0 Å². The minimum Gasteiger partial charge on any atom is -0.394 e. The summed E-state index contributed by atoms with van der Waals surface area (Å²) >= 11 is 0. The first kappa shape index (κ1) is 15.4. The molecular weight excluding hydrogens is 282 g/mol. The Morgan fingerprint density at radius 3 is 2.80 bits per heavy atom. The maximum atomic E-state index is 12.6. The number of hydrogen-bond donors (Lipinski definition) is 1. The third kappa shape index (κ3) is 3.03. The third-order valence-electron chi connectivity index (χ3n) is 3.23. The van der Waals surface area contributed by atoms with Gasteiger partial charge in [-0.15, -0.1) is 0 Å². The number of sulfonamides is 1. The van der Waals surface area contributed by atoms with Crippen molar-refractivity contribution in [3.8, 4) is 0 Å². The lowest BCUT2D eigenvalue weighted by Crippen LogP contribution is -2.55.